The van der Waals surface area contributed by atoms with Crippen LogP contribution in [0.15, 0.2) is 63.3 Å². The van der Waals surface area contributed by atoms with Crippen LogP contribution in [0.3, 0.4) is 0 Å². The van der Waals surface area contributed by atoms with Gasteiger partial charge in [-0.25, -0.2) is 9.97 Å². The number of nitrogens with one attached hydrogen (secondary N) is 1. The van der Waals surface area contributed by atoms with Crippen LogP contribution in [0.25, 0.3) is 26.8 Å². The van der Waals surface area contributed by atoms with Crippen LogP contribution in [0.4, 0.5) is 0 Å². The van der Waals surface area contributed by atoms with Crippen molar-refractivity contribution in [2.45, 2.75) is 38.1 Å². The molecule has 0 radical (unpaired) electrons. The zero-order chi connectivity index (χ0) is 23.1. The summed E-state index contributed by atoms with van der Waals surface area (Å²) in [4.78, 5) is 40.3. The van der Waals surface area contributed by atoms with Crippen molar-refractivity contribution in [3.8, 4) is 5.69 Å². The number of H-pyrrole nitrogens is 1. The Bertz CT molecular complexity index is 1610. The van der Waals surface area contributed by atoms with Crippen molar-refractivity contribution in [1.82, 2.24) is 19.5 Å². The summed E-state index contributed by atoms with van der Waals surface area (Å²) in [6.07, 6.45) is 0.927. The summed E-state index contributed by atoms with van der Waals surface area (Å²) in [5, 5.41) is 1.78. The summed E-state index contributed by atoms with van der Waals surface area (Å²) in [6, 6.07) is 15.3. The number of benzene rings is 2. The van der Waals surface area contributed by atoms with E-state index in [1.54, 1.807) is 10.6 Å². The van der Waals surface area contributed by atoms with E-state index < -0.39 is 0 Å². The second-order valence-electron chi connectivity index (χ2n) is 7.84. The van der Waals surface area contributed by atoms with E-state index >= 15 is 0 Å². The molecule has 166 valence electrons. The lowest BCUT2D eigenvalue weighted by molar-refractivity contribution is 0.817. The first-order valence-corrected chi connectivity index (χ1v) is 12.5. The highest BCUT2D eigenvalue weighted by Crippen LogP contribution is 2.28. The molecule has 0 atom stereocenters. The third-order valence-electron chi connectivity index (χ3n) is 5.77. The Balaban J connectivity index is 1.59. The highest BCUT2D eigenvalue weighted by molar-refractivity contribution is 7.98. The van der Waals surface area contributed by atoms with Gasteiger partial charge in [-0.05, 0) is 55.7 Å². The SMILES string of the molecule is CCc1ccc(-n2c(SCc3nc4sc(C)c(C)c4c(=O)[nH]3)nc3ccccc3c2=O)cc1. The van der Waals surface area contributed by atoms with Crippen LogP contribution in [-0.2, 0) is 12.2 Å². The van der Waals surface area contributed by atoms with E-state index in [1.807, 2.05) is 56.3 Å². The number of aromatic amines is 1. The number of fused-ring (bicyclic) bond motifs is 2. The van der Waals surface area contributed by atoms with E-state index in [9.17, 15) is 9.59 Å². The van der Waals surface area contributed by atoms with Gasteiger partial charge in [-0.2, -0.15) is 0 Å². The van der Waals surface area contributed by atoms with Gasteiger partial charge in [0.15, 0.2) is 5.16 Å². The fourth-order valence-electron chi connectivity index (χ4n) is 3.82. The lowest BCUT2D eigenvalue weighted by atomic mass is 10.1. The molecule has 5 aromatic rings. The molecule has 8 heteroatoms. The smallest absolute Gasteiger partial charge is 0.266 e. The van der Waals surface area contributed by atoms with Gasteiger partial charge in [0.25, 0.3) is 11.1 Å². The molecule has 0 aliphatic heterocycles. The van der Waals surface area contributed by atoms with Crippen molar-refractivity contribution < 1.29 is 0 Å². The molecule has 0 saturated carbocycles. The monoisotopic (exact) mass is 474 g/mol. The average molecular weight is 475 g/mol. The number of hydrogen-bond donors (Lipinski definition) is 1. The predicted octanol–water partition coefficient (Wildman–Crippen LogP) is 5.16. The molecule has 0 unspecified atom stereocenters. The number of para-hydroxylation sites is 1. The fraction of sp³-hybridized carbons (Fsp3) is 0.200. The number of rotatable bonds is 5. The maximum Gasteiger partial charge on any atom is 0.266 e. The van der Waals surface area contributed by atoms with Crippen molar-refractivity contribution in [2.24, 2.45) is 0 Å². The molecule has 0 bridgehead atoms. The molecule has 6 nitrogen and oxygen atoms in total. The number of thioether (sulfide) groups is 1. The molecule has 1 N–H and O–H groups in total. The van der Waals surface area contributed by atoms with Crippen molar-refractivity contribution >= 4 is 44.2 Å². The van der Waals surface area contributed by atoms with E-state index in [2.05, 4.69) is 16.9 Å². The second kappa shape index (κ2) is 8.61. The number of aryl methyl sites for hydroxylation is 3. The first kappa shape index (κ1) is 21.6. The van der Waals surface area contributed by atoms with Crippen LogP contribution >= 0.6 is 23.1 Å². The molecule has 0 saturated heterocycles. The standard InChI is InChI=1S/C25H22N4O2S2/c1-4-16-9-11-17(12-10-16)29-24(31)18-7-5-6-8-19(18)26-25(29)32-13-20-27-22(30)21-14(2)15(3)33-23(21)28-20/h5-12H,4,13H2,1-3H3,(H,27,28,30). The van der Waals surface area contributed by atoms with Gasteiger partial charge in [-0.15, -0.1) is 11.3 Å². The Hall–Kier alpha value is -3.23. The fourth-order valence-corrected chi connectivity index (χ4v) is 5.75. The average Bonchev–Trinajstić information content (AvgIpc) is 3.11. The van der Waals surface area contributed by atoms with Crippen LogP contribution in [0.2, 0.25) is 0 Å². The molecular formula is C25H22N4O2S2. The zero-order valence-electron chi connectivity index (χ0n) is 18.5. The first-order chi connectivity index (χ1) is 16.0. The minimum atomic E-state index is -0.128. The number of nitrogens with zero attached hydrogens (tertiary/aromatic N) is 3. The van der Waals surface area contributed by atoms with Crippen LogP contribution in [0, 0.1) is 13.8 Å². The quantitative estimate of drug-likeness (QED) is 0.281. The second-order valence-corrected chi connectivity index (χ2v) is 9.98. The van der Waals surface area contributed by atoms with Crippen molar-refractivity contribution in [2.75, 3.05) is 0 Å². The minimum absolute atomic E-state index is 0.117. The van der Waals surface area contributed by atoms with Crippen LogP contribution in [0.1, 0.15) is 28.8 Å². The summed E-state index contributed by atoms with van der Waals surface area (Å²) in [7, 11) is 0. The van der Waals surface area contributed by atoms with E-state index in [-0.39, 0.29) is 11.1 Å². The van der Waals surface area contributed by atoms with Gasteiger partial charge >= 0.3 is 0 Å². The van der Waals surface area contributed by atoms with Crippen LogP contribution in [0.5, 0.6) is 0 Å². The van der Waals surface area contributed by atoms with Crippen molar-refractivity contribution in [1.29, 1.82) is 0 Å². The summed E-state index contributed by atoms with van der Waals surface area (Å²) in [5.41, 5.74) is 3.34. The van der Waals surface area contributed by atoms with Crippen LogP contribution < -0.4 is 11.1 Å². The summed E-state index contributed by atoms with van der Waals surface area (Å²) in [6.45, 7) is 6.04. The number of hydrogen-bond acceptors (Lipinski definition) is 6. The Kier molecular flexibility index (Phi) is 5.64. The summed E-state index contributed by atoms with van der Waals surface area (Å²) >= 11 is 2.91. The molecule has 0 aliphatic rings. The van der Waals surface area contributed by atoms with Gasteiger partial charge in [-0.1, -0.05) is 43.0 Å². The molecule has 3 aromatic heterocycles. The normalized spacial score (nSPS) is 11.5. The largest absolute Gasteiger partial charge is 0.309 e. The highest BCUT2D eigenvalue weighted by atomic mass is 32.2. The molecular weight excluding hydrogens is 452 g/mol. The van der Waals surface area contributed by atoms with Gasteiger partial charge in [-0.3, -0.25) is 14.2 Å². The van der Waals surface area contributed by atoms with Crippen molar-refractivity contribution in [3.63, 3.8) is 0 Å². The van der Waals surface area contributed by atoms with Gasteiger partial charge in [0.1, 0.15) is 10.7 Å². The van der Waals surface area contributed by atoms with Crippen LogP contribution in [-0.4, -0.2) is 19.5 Å². The first-order valence-electron chi connectivity index (χ1n) is 10.7. The van der Waals surface area contributed by atoms with E-state index in [0.717, 1.165) is 27.4 Å². The lowest BCUT2D eigenvalue weighted by Gasteiger charge is -2.13. The minimum Gasteiger partial charge on any atom is -0.309 e. The third-order valence-corrected chi connectivity index (χ3v) is 7.82. The Morgan fingerprint density at radius 3 is 2.55 bits per heavy atom. The Labute approximate surface area is 198 Å². The molecule has 2 aromatic carbocycles. The maximum absolute atomic E-state index is 13.4. The Morgan fingerprint density at radius 2 is 1.79 bits per heavy atom. The Morgan fingerprint density at radius 1 is 1.03 bits per heavy atom. The molecule has 0 aliphatic carbocycles. The third kappa shape index (κ3) is 3.89. The van der Waals surface area contributed by atoms with Crippen molar-refractivity contribution in [3.05, 3.63) is 91.1 Å². The molecule has 0 spiro atoms. The molecule has 0 fully saturated rings. The predicted molar refractivity (Wildman–Crippen MR) is 136 cm³/mol. The lowest BCUT2D eigenvalue weighted by Crippen LogP contribution is -2.22. The van der Waals surface area contributed by atoms with E-state index in [1.165, 1.54) is 28.7 Å². The zero-order valence-corrected chi connectivity index (χ0v) is 20.1. The highest BCUT2D eigenvalue weighted by Gasteiger charge is 2.16. The maximum atomic E-state index is 13.4. The molecule has 3 heterocycles. The summed E-state index contributed by atoms with van der Waals surface area (Å²) in [5.74, 6) is 0.952. The van der Waals surface area contributed by atoms with Gasteiger partial charge in [0.2, 0.25) is 0 Å². The number of aromatic nitrogens is 4. The molecule has 5 rings (SSSR count). The summed E-state index contributed by atoms with van der Waals surface area (Å²) < 4.78 is 1.64. The molecule has 33 heavy (non-hydrogen) atoms. The van der Waals surface area contributed by atoms with Gasteiger partial charge < -0.3 is 4.98 Å². The van der Waals surface area contributed by atoms with Gasteiger partial charge in [0.05, 0.1) is 27.7 Å². The van der Waals surface area contributed by atoms with E-state index in [4.69, 9.17) is 4.98 Å². The number of thiophene rings is 1. The molecule has 0 amide bonds. The topological polar surface area (TPSA) is 80.6 Å². The van der Waals surface area contributed by atoms with Gasteiger partial charge in [0, 0.05) is 4.88 Å². The van der Waals surface area contributed by atoms with E-state index in [0.29, 0.717) is 33.0 Å².